The number of ether oxygens (including phenoxy) is 2. The molecule has 3 aromatic rings. The van der Waals surface area contributed by atoms with Crippen LogP contribution in [0.3, 0.4) is 0 Å². The Morgan fingerprint density at radius 1 is 1.15 bits per heavy atom. The van der Waals surface area contributed by atoms with Crippen LogP contribution in [0.5, 0.6) is 11.5 Å². The van der Waals surface area contributed by atoms with E-state index in [1.807, 2.05) is 13.0 Å². The van der Waals surface area contributed by atoms with Crippen LogP contribution in [0.15, 0.2) is 36.4 Å². The first kappa shape index (κ1) is 18.7. The largest absolute Gasteiger partial charge is 0.493 e. The summed E-state index contributed by atoms with van der Waals surface area (Å²) in [6, 6.07) is 10.7. The molecule has 0 atom stereocenters. The van der Waals surface area contributed by atoms with Crippen molar-refractivity contribution in [1.29, 1.82) is 0 Å². The number of nitrogens with zero attached hydrogens (tertiary/aromatic N) is 4. The molecule has 140 valence electrons. The molecule has 8 nitrogen and oxygen atoms in total. The molecule has 0 spiro atoms. The average molecular weight is 388 g/mol. The predicted octanol–water partition coefficient (Wildman–Crippen LogP) is 2.96. The van der Waals surface area contributed by atoms with Crippen molar-refractivity contribution in [2.75, 3.05) is 19.5 Å². The molecular formula is C18H18ClN5O3. The minimum absolute atomic E-state index is 0.0928. The number of tetrazole rings is 1. The monoisotopic (exact) mass is 387 g/mol. The number of anilines is 1. The van der Waals surface area contributed by atoms with Crippen LogP contribution in [0.1, 0.15) is 5.56 Å². The Balaban J connectivity index is 1.71. The summed E-state index contributed by atoms with van der Waals surface area (Å²) in [5.74, 6) is 1.22. The van der Waals surface area contributed by atoms with E-state index in [9.17, 15) is 4.79 Å². The van der Waals surface area contributed by atoms with E-state index in [-0.39, 0.29) is 12.5 Å². The fourth-order valence-corrected chi connectivity index (χ4v) is 2.72. The van der Waals surface area contributed by atoms with Crippen molar-refractivity contribution in [1.82, 2.24) is 20.2 Å². The first-order chi connectivity index (χ1) is 13.0. The van der Waals surface area contributed by atoms with Crippen LogP contribution < -0.4 is 14.8 Å². The molecule has 9 heteroatoms. The van der Waals surface area contributed by atoms with Crippen molar-refractivity contribution in [3.8, 4) is 22.9 Å². The molecule has 0 aliphatic heterocycles. The van der Waals surface area contributed by atoms with Gasteiger partial charge in [0.25, 0.3) is 0 Å². The lowest BCUT2D eigenvalue weighted by atomic mass is 10.2. The number of hydrogen-bond acceptors (Lipinski definition) is 6. The molecular weight excluding hydrogens is 370 g/mol. The Hall–Kier alpha value is -3.13. The Bertz CT molecular complexity index is 973. The summed E-state index contributed by atoms with van der Waals surface area (Å²) < 4.78 is 10.5. The van der Waals surface area contributed by atoms with Gasteiger partial charge >= 0.3 is 0 Å². The summed E-state index contributed by atoms with van der Waals surface area (Å²) in [5, 5.41) is 15.3. The molecule has 0 aliphatic carbocycles. The molecule has 1 N–H and O–H groups in total. The molecule has 0 fully saturated rings. The molecule has 3 rings (SSSR count). The van der Waals surface area contributed by atoms with Crippen molar-refractivity contribution < 1.29 is 14.3 Å². The summed E-state index contributed by atoms with van der Waals surface area (Å²) in [6.07, 6.45) is 0. The van der Waals surface area contributed by atoms with E-state index in [1.54, 1.807) is 44.6 Å². The molecule has 0 saturated heterocycles. The Labute approximate surface area is 161 Å². The van der Waals surface area contributed by atoms with Gasteiger partial charge in [-0.1, -0.05) is 17.7 Å². The molecule has 0 bridgehead atoms. The normalized spacial score (nSPS) is 10.5. The highest BCUT2D eigenvalue weighted by Gasteiger charge is 2.13. The third-order valence-corrected chi connectivity index (χ3v) is 4.09. The summed E-state index contributed by atoms with van der Waals surface area (Å²) >= 11 is 6.13. The maximum absolute atomic E-state index is 12.2. The van der Waals surface area contributed by atoms with E-state index in [0.717, 1.165) is 5.56 Å². The Morgan fingerprint density at radius 3 is 2.63 bits per heavy atom. The van der Waals surface area contributed by atoms with Crippen LogP contribution >= 0.6 is 11.6 Å². The number of benzene rings is 2. The second-order valence-corrected chi connectivity index (χ2v) is 6.15. The van der Waals surface area contributed by atoms with Crippen LogP contribution in [0, 0.1) is 6.92 Å². The number of nitrogens with one attached hydrogen (secondary N) is 1. The fourth-order valence-electron chi connectivity index (χ4n) is 2.44. The summed E-state index contributed by atoms with van der Waals surface area (Å²) in [6.45, 7) is 1.83. The predicted molar refractivity (Wildman–Crippen MR) is 101 cm³/mol. The topological polar surface area (TPSA) is 91.2 Å². The number of amides is 1. The lowest BCUT2D eigenvalue weighted by Crippen LogP contribution is -2.20. The van der Waals surface area contributed by atoms with E-state index in [4.69, 9.17) is 21.1 Å². The minimum atomic E-state index is -0.308. The van der Waals surface area contributed by atoms with Crippen LogP contribution in [-0.4, -0.2) is 40.3 Å². The highest BCUT2D eigenvalue weighted by atomic mass is 35.5. The summed E-state index contributed by atoms with van der Waals surface area (Å²) in [4.78, 5) is 13.4. The second-order valence-electron chi connectivity index (χ2n) is 5.74. The minimum Gasteiger partial charge on any atom is -0.493 e. The molecule has 27 heavy (non-hydrogen) atoms. The molecule has 0 unspecified atom stereocenters. The number of methoxy groups -OCH3 is 2. The van der Waals surface area contributed by atoms with E-state index in [0.29, 0.717) is 33.6 Å². The quantitative estimate of drug-likeness (QED) is 0.699. The number of carbonyl (C=O) groups excluding carboxylic acids is 1. The summed E-state index contributed by atoms with van der Waals surface area (Å²) in [5.41, 5.74) is 2.24. The first-order valence-electron chi connectivity index (χ1n) is 8.06. The van der Waals surface area contributed by atoms with Gasteiger partial charge in [0.1, 0.15) is 6.54 Å². The SMILES string of the molecule is COc1ccc(-c2nnn(CC(=O)Nc3ccc(C)cc3Cl)n2)cc1OC. The van der Waals surface area contributed by atoms with Gasteiger partial charge in [0.2, 0.25) is 11.7 Å². The molecule has 0 saturated carbocycles. The molecule has 0 aliphatic rings. The van der Waals surface area contributed by atoms with Gasteiger partial charge in [0.15, 0.2) is 11.5 Å². The van der Waals surface area contributed by atoms with Gasteiger partial charge in [0.05, 0.1) is 24.9 Å². The van der Waals surface area contributed by atoms with Gasteiger partial charge in [-0.2, -0.15) is 4.80 Å². The Kier molecular flexibility index (Phi) is 5.56. The van der Waals surface area contributed by atoms with Gasteiger partial charge in [-0.3, -0.25) is 4.79 Å². The number of halogens is 1. The third-order valence-electron chi connectivity index (χ3n) is 3.78. The van der Waals surface area contributed by atoms with Crippen molar-refractivity contribution in [3.63, 3.8) is 0 Å². The van der Waals surface area contributed by atoms with E-state index < -0.39 is 0 Å². The van der Waals surface area contributed by atoms with Gasteiger partial charge in [-0.05, 0) is 48.0 Å². The highest BCUT2D eigenvalue weighted by Crippen LogP contribution is 2.30. The number of rotatable bonds is 6. The van der Waals surface area contributed by atoms with Crippen LogP contribution in [0.2, 0.25) is 5.02 Å². The van der Waals surface area contributed by atoms with Gasteiger partial charge in [-0.25, -0.2) is 0 Å². The van der Waals surface area contributed by atoms with E-state index in [2.05, 4.69) is 20.7 Å². The number of hydrogen-bond donors (Lipinski definition) is 1. The maximum atomic E-state index is 12.2. The maximum Gasteiger partial charge on any atom is 0.248 e. The lowest BCUT2D eigenvalue weighted by Gasteiger charge is -2.08. The van der Waals surface area contributed by atoms with Crippen molar-refractivity contribution in [2.24, 2.45) is 0 Å². The van der Waals surface area contributed by atoms with Gasteiger partial charge in [0, 0.05) is 5.56 Å². The van der Waals surface area contributed by atoms with E-state index >= 15 is 0 Å². The second kappa shape index (κ2) is 8.05. The molecule has 0 radical (unpaired) electrons. The molecule has 1 amide bonds. The van der Waals surface area contributed by atoms with Gasteiger partial charge in [-0.15, -0.1) is 10.2 Å². The van der Waals surface area contributed by atoms with Crippen LogP contribution in [0.25, 0.3) is 11.4 Å². The number of aryl methyl sites for hydroxylation is 1. The molecule has 2 aromatic carbocycles. The number of carbonyl (C=O) groups is 1. The fraction of sp³-hybridized carbons (Fsp3) is 0.222. The highest BCUT2D eigenvalue weighted by molar-refractivity contribution is 6.33. The van der Waals surface area contributed by atoms with Crippen molar-refractivity contribution in [3.05, 3.63) is 47.0 Å². The lowest BCUT2D eigenvalue weighted by molar-refractivity contribution is -0.117. The summed E-state index contributed by atoms with van der Waals surface area (Å²) in [7, 11) is 3.11. The van der Waals surface area contributed by atoms with E-state index in [1.165, 1.54) is 4.80 Å². The number of aromatic nitrogens is 4. The van der Waals surface area contributed by atoms with Crippen LogP contribution in [-0.2, 0) is 11.3 Å². The molecule has 1 aromatic heterocycles. The Morgan fingerprint density at radius 2 is 1.93 bits per heavy atom. The third kappa shape index (κ3) is 4.35. The van der Waals surface area contributed by atoms with Crippen molar-refractivity contribution in [2.45, 2.75) is 13.5 Å². The zero-order valence-electron chi connectivity index (χ0n) is 15.1. The molecule has 1 heterocycles. The van der Waals surface area contributed by atoms with Gasteiger partial charge < -0.3 is 14.8 Å². The zero-order valence-corrected chi connectivity index (χ0v) is 15.8. The average Bonchev–Trinajstić information content (AvgIpc) is 3.11. The standard InChI is InChI=1S/C18H18ClN5O3/c1-11-4-6-14(13(19)8-11)20-17(25)10-24-22-18(21-23-24)12-5-7-15(26-2)16(9-12)27-3/h4-9H,10H2,1-3H3,(H,20,25). The smallest absolute Gasteiger partial charge is 0.248 e. The van der Waals surface area contributed by atoms with Crippen molar-refractivity contribution >= 4 is 23.2 Å². The van der Waals surface area contributed by atoms with Crippen LogP contribution in [0.4, 0.5) is 5.69 Å². The zero-order chi connectivity index (χ0) is 19.4. The first-order valence-corrected chi connectivity index (χ1v) is 8.44.